The number of carbonyl (C=O) groups is 2. The molecule has 120 valence electrons. The summed E-state index contributed by atoms with van der Waals surface area (Å²) in [6.07, 6.45) is 2.02. The molecule has 0 radical (unpaired) electrons. The van der Waals surface area contributed by atoms with Gasteiger partial charge in [0, 0.05) is 19.5 Å². The van der Waals surface area contributed by atoms with Crippen LogP contribution >= 0.6 is 0 Å². The van der Waals surface area contributed by atoms with Crippen LogP contribution in [0.2, 0.25) is 0 Å². The van der Waals surface area contributed by atoms with Crippen molar-refractivity contribution in [2.45, 2.75) is 38.5 Å². The van der Waals surface area contributed by atoms with E-state index in [9.17, 15) is 9.59 Å². The predicted octanol–water partition coefficient (Wildman–Crippen LogP) is 2.77. The lowest BCUT2D eigenvalue weighted by Gasteiger charge is -2.26. The standard InChI is InChI=1S/C18H25NO3/c1-18(2,15-7-5-4-6-8-15)11-9-16(20)19-12-10-14(13-19)17(21)22-3/h4-8,14H,9-13H2,1-3H3/t14-/m0/s1. The van der Waals surface area contributed by atoms with Crippen LogP contribution in [0.3, 0.4) is 0 Å². The number of rotatable bonds is 5. The molecule has 1 aromatic rings. The van der Waals surface area contributed by atoms with Gasteiger partial charge >= 0.3 is 5.97 Å². The first kappa shape index (κ1) is 16.5. The third-order valence-electron chi connectivity index (χ3n) is 4.59. The van der Waals surface area contributed by atoms with E-state index in [1.807, 2.05) is 18.2 Å². The smallest absolute Gasteiger partial charge is 0.310 e. The van der Waals surface area contributed by atoms with Crippen LogP contribution in [0.5, 0.6) is 0 Å². The van der Waals surface area contributed by atoms with Crippen LogP contribution in [0.1, 0.15) is 38.7 Å². The summed E-state index contributed by atoms with van der Waals surface area (Å²) in [5.74, 6) is -0.230. The summed E-state index contributed by atoms with van der Waals surface area (Å²) in [5, 5.41) is 0. The van der Waals surface area contributed by atoms with Crippen LogP contribution in [-0.2, 0) is 19.7 Å². The van der Waals surface area contributed by atoms with Crippen molar-refractivity contribution in [2.75, 3.05) is 20.2 Å². The van der Waals surface area contributed by atoms with Crippen molar-refractivity contribution in [1.82, 2.24) is 4.90 Å². The van der Waals surface area contributed by atoms with Gasteiger partial charge in [0.05, 0.1) is 13.0 Å². The predicted molar refractivity (Wildman–Crippen MR) is 85.4 cm³/mol. The number of hydrogen-bond donors (Lipinski definition) is 0. The van der Waals surface area contributed by atoms with E-state index in [1.165, 1.54) is 12.7 Å². The van der Waals surface area contributed by atoms with E-state index >= 15 is 0 Å². The van der Waals surface area contributed by atoms with Crippen molar-refractivity contribution in [3.8, 4) is 0 Å². The second kappa shape index (κ2) is 6.95. The molecule has 0 spiro atoms. The molecule has 1 saturated heterocycles. The zero-order chi connectivity index (χ0) is 16.2. The van der Waals surface area contributed by atoms with Crippen LogP contribution < -0.4 is 0 Å². The molecule has 0 N–H and O–H groups in total. The number of nitrogens with zero attached hydrogens (tertiary/aromatic N) is 1. The lowest BCUT2D eigenvalue weighted by Crippen LogP contribution is -2.31. The maximum atomic E-state index is 12.4. The molecule has 1 aliphatic heterocycles. The highest BCUT2D eigenvalue weighted by Crippen LogP contribution is 2.29. The number of ether oxygens (including phenoxy) is 1. The molecule has 0 saturated carbocycles. The Morgan fingerprint density at radius 3 is 2.59 bits per heavy atom. The fraction of sp³-hybridized carbons (Fsp3) is 0.556. The molecule has 1 atom stereocenters. The Kier molecular flexibility index (Phi) is 5.22. The molecule has 1 aromatic carbocycles. The summed E-state index contributed by atoms with van der Waals surface area (Å²) in [4.78, 5) is 25.7. The molecule has 0 aromatic heterocycles. The number of hydrogen-bond acceptors (Lipinski definition) is 3. The quantitative estimate of drug-likeness (QED) is 0.786. The first-order valence-electron chi connectivity index (χ1n) is 7.85. The van der Waals surface area contributed by atoms with E-state index in [1.54, 1.807) is 4.90 Å². The Morgan fingerprint density at radius 1 is 1.27 bits per heavy atom. The molecule has 0 bridgehead atoms. The fourth-order valence-electron chi connectivity index (χ4n) is 2.96. The molecule has 4 heteroatoms. The molecule has 22 heavy (non-hydrogen) atoms. The number of carbonyl (C=O) groups excluding carboxylic acids is 2. The summed E-state index contributed by atoms with van der Waals surface area (Å²) >= 11 is 0. The molecule has 1 heterocycles. The highest BCUT2D eigenvalue weighted by Gasteiger charge is 2.32. The monoisotopic (exact) mass is 303 g/mol. The van der Waals surface area contributed by atoms with Crippen LogP contribution in [0.25, 0.3) is 0 Å². The Hall–Kier alpha value is -1.84. The first-order chi connectivity index (χ1) is 10.4. The minimum atomic E-state index is -0.208. The van der Waals surface area contributed by atoms with Crippen LogP contribution in [0.15, 0.2) is 30.3 Å². The van der Waals surface area contributed by atoms with Gasteiger partial charge in [0.2, 0.25) is 5.91 Å². The molecular formula is C18H25NO3. The molecule has 2 rings (SSSR count). The minimum absolute atomic E-state index is 0.0294. The molecule has 1 amide bonds. The maximum absolute atomic E-state index is 12.4. The topological polar surface area (TPSA) is 46.6 Å². The minimum Gasteiger partial charge on any atom is -0.469 e. The second-order valence-corrected chi connectivity index (χ2v) is 6.60. The van der Waals surface area contributed by atoms with Gasteiger partial charge in [-0.3, -0.25) is 9.59 Å². The second-order valence-electron chi connectivity index (χ2n) is 6.60. The average molecular weight is 303 g/mol. The van der Waals surface area contributed by atoms with Crippen molar-refractivity contribution in [2.24, 2.45) is 5.92 Å². The number of amides is 1. The molecule has 1 fully saturated rings. The third-order valence-corrected chi connectivity index (χ3v) is 4.59. The summed E-state index contributed by atoms with van der Waals surface area (Å²) in [6.45, 7) is 5.48. The highest BCUT2D eigenvalue weighted by molar-refractivity contribution is 5.79. The van der Waals surface area contributed by atoms with Gasteiger partial charge in [-0.25, -0.2) is 0 Å². The van der Waals surface area contributed by atoms with Gasteiger partial charge in [-0.15, -0.1) is 0 Å². The lowest BCUT2D eigenvalue weighted by atomic mass is 9.80. The first-order valence-corrected chi connectivity index (χ1v) is 7.85. The van der Waals surface area contributed by atoms with E-state index in [4.69, 9.17) is 4.74 Å². The van der Waals surface area contributed by atoms with Crippen molar-refractivity contribution in [3.05, 3.63) is 35.9 Å². The van der Waals surface area contributed by atoms with Gasteiger partial charge in [0.1, 0.15) is 0 Å². The van der Waals surface area contributed by atoms with Crippen LogP contribution in [-0.4, -0.2) is 37.0 Å². The summed E-state index contributed by atoms with van der Waals surface area (Å²) in [7, 11) is 1.40. The van der Waals surface area contributed by atoms with E-state index in [0.717, 1.165) is 6.42 Å². The molecular weight excluding hydrogens is 278 g/mol. The Labute approximate surface area is 132 Å². The SMILES string of the molecule is COC(=O)[C@H]1CCN(C(=O)CCC(C)(C)c2ccccc2)C1. The number of likely N-dealkylation sites (tertiary alicyclic amines) is 1. The van der Waals surface area contributed by atoms with E-state index < -0.39 is 0 Å². The Morgan fingerprint density at radius 2 is 1.95 bits per heavy atom. The number of methoxy groups -OCH3 is 1. The normalized spacial score (nSPS) is 18.3. The van der Waals surface area contributed by atoms with Crippen molar-refractivity contribution in [1.29, 1.82) is 0 Å². The molecule has 0 unspecified atom stereocenters. The van der Waals surface area contributed by atoms with E-state index in [2.05, 4.69) is 26.0 Å². The zero-order valence-electron chi connectivity index (χ0n) is 13.7. The summed E-state index contributed by atoms with van der Waals surface area (Å²) in [6, 6.07) is 10.3. The van der Waals surface area contributed by atoms with Crippen molar-refractivity contribution in [3.63, 3.8) is 0 Å². The summed E-state index contributed by atoms with van der Waals surface area (Å²) < 4.78 is 4.76. The average Bonchev–Trinajstić information content (AvgIpc) is 3.03. The third kappa shape index (κ3) is 3.87. The van der Waals surface area contributed by atoms with Gasteiger partial charge in [-0.05, 0) is 23.8 Å². The Bertz CT molecular complexity index is 524. The molecule has 0 aliphatic carbocycles. The Balaban J connectivity index is 1.87. The van der Waals surface area contributed by atoms with Crippen molar-refractivity contribution >= 4 is 11.9 Å². The van der Waals surface area contributed by atoms with Crippen LogP contribution in [0.4, 0.5) is 0 Å². The maximum Gasteiger partial charge on any atom is 0.310 e. The summed E-state index contributed by atoms with van der Waals surface area (Å²) in [5.41, 5.74) is 1.22. The number of benzene rings is 1. The van der Waals surface area contributed by atoms with E-state index in [0.29, 0.717) is 25.9 Å². The van der Waals surface area contributed by atoms with Gasteiger partial charge in [0.25, 0.3) is 0 Å². The number of esters is 1. The fourth-order valence-corrected chi connectivity index (χ4v) is 2.96. The molecule has 1 aliphatic rings. The van der Waals surface area contributed by atoms with Gasteiger partial charge in [0.15, 0.2) is 0 Å². The van der Waals surface area contributed by atoms with E-state index in [-0.39, 0.29) is 23.2 Å². The van der Waals surface area contributed by atoms with Crippen LogP contribution in [0, 0.1) is 5.92 Å². The van der Waals surface area contributed by atoms with Gasteiger partial charge in [-0.1, -0.05) is 44.2 Å². The van der Waals surface area contributed by atoms with Gasteiger partial charge < -0.3 is 9.64 Å². The van der Waals surface area contributed by atoms with Gasteiger partial charge in [-0.2, -0.15) is 0 Å². The highest BCUT2D eigenvalue weighted by atomic mass is 16.5. The zero-order valence-corrected chi connectivity index (χ0v) is 13.7. The lowest BCUT2D eigenvalue weighted by molar-refractivity contribution is -0.145. The van der Waals surface area contributed by atoms with Crippen molar-refractivity contribution < 1.29 is 14.3 Å². The largest absolute Gasteiger partial charge is 0.469 e. The molecule has 4 nitrogen and oxygen atoms in total.